The second-order valence-corrected chi connectivity index (χ2v) is 2.84. The summed E-state index contributed by atoms with van der Waals surface area (Å²) in [5, 5.41) is 7.74. The predicted octanol–water partition coefficient (Wildman–Crippen LogP) is 3.20. The zero-order valence-electron chi connectivity index (χ0n) is 6.06. The van der Waals surface area contributed by atoms with Crippen molar-refractivity contribution in [2.75, 3.05) is 0 Å². The van der Waals surface area contributed by atoms with Crippen LogP contribution in [-0.4, -0.2) is 4.98 Å². The van der Waals surface area contributed by atoms with Crippen LogP contribution in [0.25, 0.3) is 0 Å². The Bertz CT molecular complexity index is 373. The van der Waals surface area contributed by atoms with Crippen LogP contribution < -0.4 is 0 Å². The maximum atomic E-state index is 12.3. The zero-order chi connectivity index (χ0) is 10.0. The molecule has 0 N–H and O–H groups in total. The fraction of sp³-hybridized carbons (Fsp3) is 0.143. The molecule has 0 unspecified atom stereocenters. The van der Waals surface area contributed by atoms with Gasteiger partial charge in [0, 0.05) is 6.20 Å². The Balaban J connectivity index is 3.41. The van der Waals surface area contributed by atoms with Gasteiger partial charge in [-0.25, -0.2) is 13.8 Å². The summed E-state index contributed by atoms with van der Waals surface area (Å²) < 4.78 is 24.6. The van der Waals surface area contributed by atoms with Gasteiger partial charge in [0.1, 0.15) is 11.2 Å². The van der Waals surface area contributed by atoms with Gasteiger partial charge < -0.3 is 0 Å². The zero-order valence-corrected chi connectivity index (χ0v) is 7.57. The Labute approximate surface area is 82.7 Å². The number of nitriles is 1. The summed E-state index contributed by atoms with van der Waals surface area (Å²) in [5.74, 6) is 0. The summed E-state index contributed by atoms with van der Waals surface area (Å²) in [5.41, 5.74) is -0.705. The van der Waals surface area contributed by atoms with E-state index in [4.69, 9.17) is 28.5 Å². The lowest BCUT2D eigenvalue weighted by Gasteiger charge is -2.04. The van der Waals surface area contributed by atoms with Crippen LogP contribution in [0.5, 0.6) is 0 Å². The van der Waals surface area contributed by atoms with Gasteiger partial charge in [-0.15, -0.1) is 0 Å². The second-order valence-electron chi connectivity index (χ2n) is 2.10. The molecule has 0 aliphatic heterocycles. The number of nitrogens with zero attached hydrogens (tertiary/aromatic N) is 2. The first-order chi connectivity index (χ1) is 6.07. The van der Waals surface area contributed by atoms with Gasteiger partial charge >= 0.3 is 0 Å². The molecule has 1 rings (SSSR count). The Morgan fingerprint density at radius 3 is 2.54 bits per heavy atom. The smallest absolute Gasteiger partial charge is 0.243 e. The fourth-order valence-electron chi connectivity index (χ4n) is 0.747. The van der Waals surface area contributed by atoms with E-state index >= 15 is 0 Å². The van der Waals surface area contributed by atoms with E-state index in [0.29, 0.717) is 0 Å². The van der Waals surface area contributed by atoms with Gasteiger partial charge in [0.2, 0.25) is 0 Å². The highest BCUT2D eigenvalue weighted by atomic mass is 35.5. The maximum absolute atomic E-state index is 12.3. The molecule has 0 bridgehead atoms. The summed E-state index contributed by atoms with van der Waals surface area (Å²) >= 11 is 10.9. The quantitative estimate of drug-likeness (QED) is 0.685. The molecule has 0 saturated heterocycles. The third-order valence-corrected chi connectivity index (χ3v) is 2.05. The molecule has 6 heteroatoms. The SMILES string of the molecule is N#Cc1cnc(Cl)c(C(F)F)c1Cl. The number of alkyl halides is 2. The van der Waals surface area contributed by atoms with E-state index in [1.165, 1.54) is 0 Å². The van der Waals surface area contributed by atoms with E-state index in [2.05, 4.69) is 4.98 Å². The first kappa shape index (κ1) is 10.2. The molecule has 13 heavy (non-hydrogen) atoms. The van der Waals surface area contributed by atoms with E-state index < -0.39 is 12.0 Å². The molecule has 0 atom stereocenters. The Morgan fingerprint density at radius 2 is 2.08 bits per heavy atom. The lowest BCUT2D eigenvalue weighted by atomic mass is 10.2. The topological polar surface area (TPSA) is 36.7 Å². The summed E-state index contributed by atoms with van der Waals surface area (Å²) in [4.78, 5) is 3.41. The van der Waals surface area contributed by atoms with E-state index in [1.807, 2.05) is 0 Å². The van der Waals surface area contributed by atoms with Crippen LogP contribution in [0.15, 0.2) is 6.20 Å². The highest BCUT2D eigenvalue weighted by Crippen LogP contribution is 2.33. The Morgan fingerprint density at radius 1 is 1.46 bits per heavy atom. The summed E-state index contributed by atoms with van der Waals surface area (Å²) in [7, 11) is 0. The minimum absolute atomic E-state index is 0.110. The normalized spacial score (nSPS) is 10.2. The van der Waals surface area contributed by atoms with Crippen LogP contribution in [0.1, 0.15) is 17.6 Å². The van der Waals surface area contributed by atoms with Crippen molar-refractivity contribution in [2.24, 2.45) is 0 Å². The number of hydrogen-bond acceptors (Lipinski definition) is 2. The van der Waals surface area contributed by atoms with Crippen molar-refractivity contribution in [3.05, 3.63) is 27.5 Å². The second kappa shape index (κ2) is 3.86. The third kappa shape index (κ3) is 1.87. The van der Waals surface area contributed by atoms with E-state index in [-0.39, 0.29) is 15.7 Å². The molecule has 0 aliphatic carbocycles. The van der Waals surface area contributed by atoms with Gasteiger partial charge in [0.25, 0.3) is 6.43 Å². The van der Waals surface area contributed by atoms with Gasteiger partial charge in [-0.3, -0.25) is 0 Å². The van der Waals surface area contributed by atoms with Crippen LogP contribution in [0.3, 0.4) is 0 Å². The summed E-state index contributed by atoms with van der Waals surface area (Å²) in [6.45, 7) is 0. The minimum atomic E-state index is -2.83. The Kier molecular flexibility index (Phi) is 3.02. The molecule has 68 valence electrons. The molecule has 1 aromatic rings. The molecule has 0 saturated carbocycles. The van der Waals surface area contributed by atoms with Crippen LogP contribution in [0, 0.1) is 11.3 Å². The van der Waals surface area contributed by atoms with Gasteiger partial charge in [0.05, 0.1) is 16.1 Å². The molecule has 2 nitrogen and oxygen atoms in total. The molecule has 0 amide bonds. The lowest BCUT2D eigenvalue weighted by Crippen LogP contribution is -1.93. The first-order valence-corrected chi connectivity index (χ1v) is 3.85. The van der Waals surface area contributed by atoms with Crippen molar-refractivity contribution in [1.82, 2.24) is 4.98 Å². The number of halogens is 4. The van der Waals surface area contributed by atoms with E-state index in [0.717, 1.165) is 6.20 Å². The largest absolute Gasteiger partial charge is 0.268 e. The Hall–Kier alpha value is -0.920. The number of pyridine rings is 1. The molecule has 0 aromatic carbocycles. The van der Waals surface area contributed by atoms with Crippen LogP contribution in [0.2, 0.25) is 10.2 Å². The van der Waals surface area contributed by atoms with Crippen molar-refractivity contribution < 1.29 is 8.78 Å². The van der Waals surface area contributed by atoms with E-state index in [9.17, 15) is 8.78 Å². The van der Waals surface area contributed by atoms with Crippen LogP contribution in [0.4, 0.5) is 8.78 Å². The molecule has 0 radical (unpaired) electrons. The van der Waals surface area contributed by atoms with Gasteiger partial charge in [-0.2, -0.15) is 5.26 Å². The molecule has 0 aliphatic rings. The van der Waals surface area contributed by atoms with Crippen LogP contribution in [-0.2, 0) is 0 Å². The first-order valence-electron chi connectivity index (χ1n) is 3.10. The van der Waals surface area contributed by atoms with Gasteiger partial charge in [-0.05, 0) is 0 Å². The molecule has 0 spiro atoms. The third-order valence-electron chi connectivity index (χ3n) is 1.34. The number of aromatic nitrogens is 1. The average molecular weight is 223 g/mol. The number of hydrogen-bond donors (Lipinski definition) is 0. The van der Waals surface area contributed by atoms with Gasteiger partial charge in [0.15, 0.2) is 0 Å². The van der Waals surface area contributed by atoms with Crippen molar-refractivity contribution in [2.45, 2.75) is 6.43 Å². The summed E-state index contributed by atoms with van der Waals surface area (Å²) in [6, 6.07) is 1.63. The minimum Gasteiger partial charge on any atom is -0.243 e. The lowest BCUT2D eigenvalue weighted by molar-refractivity contribution is 0.151. The van der Waals surface area contributed by atoms with Crippen molar-refractivity contribution in [1.29, 1.82) is 5.26 Å². The van der Waals surface area contributed by atoms with Crippen molar-refractivity contribution in [3.63, 3.8) is 0 Å². The number of rotatable bonds is 1. The molecular weight excluding hydrogens is 221 g/mol. The molecule has 1 heterocycles. The standard InChI is InChI=1S/C7H2Cl2F2N2/c8-5-3(1-12)2-13-6(9)4(5)7(10)11/h2,7H. The van der Waals surface area contributed by atoms with Crippen LogP contribution >= 0.6 is 23.2 Å². The van der Waals surface area contributed by atoms with Gasteiger partial charge in [-0.1, -0.05) is 23.2 Å². The predicted molar refractivity (Wildman–Crippen MR) is 43.9 cm³/mol. The monoisotopic (exact) mass is 222 g/mol. The van der Waals surface area contributed by atoms with E-state index in [1.54, 1.807) is 6.07 Å². The maximum Gasteiger partial charge on any atom is 0.268 e. The average Bonchev–Trinajstić information content (AvgIpc) is 2.04. The molecule has 0 fully saturated rings. The van der Waals surface area contributed by atoms with Crippen molar-refractivity contribution >= 4 is 23.2 Å². The van der Waals surface area contributed by atoms with Crippen molar-refractivity contribution in [3.8, 4) is 6.07 Å². The highest BCUT2D eigenvalue weighted by Gasteiger charge is 2.19. The molecule has 1 aromatic heterocycles. The summed E-state index contributed by atoms with van der Waals surface area (Å²) in [6.07, 6.45) is -1.78. The fourth-order valence-corrected chi connectivity index (χ4v) is 1.28. The highest BCUT2D eigenvalue weighted by molar-refractivity contribution is 6.36. The molecular formula is C7H2Cl2F2N2.